The van der Waals surface area contributed by atoms with Crippen molar-refractivity contribution in [1.82, 2.24) is 20.4 Å². The van der Waals surface area contributed by atoms with Gasteiger partial charge in [0.15, 0.2) is 5.65 Å². The fourth-order valence-electron chi connectivity index (χ4n) is 3.26. The average molecular weight is 411 g/mol. The number of anilines is 1. The minimum Gasteiger partial charge on any atom is -0.460 e. The molecule has 31 heavy (non-hydrogen) atoms. The van der Waals surface area contributed by atoms with Crippen molar-refractivity contribution in [1.29, 1.82) is 0 Å². The average Bonchev–Trinajstić information content (AvgIpc) is 3.26. The van der Waals surface area contributed by atoms with Gasteiger partial charge in [-0.05, 0) is 17.2 Å². The summed E-state index contributed by atoms with van der Waals surface area (Å²) >= 11 is 0. The van der Waals surface area contributed by atoms with Crippen molar-refractivity contribution in [3.63, 3.8) is 0 Å². The molecule has 4 aromatic rings. The standard InChI is InChI=1S/C24H21N5O2/c25-20-15-19(22-23(26-20)28-29-27-22)21(18-13-9-4-2-1-3-5-10-14-18)24(30)31-16-17-11-7-6-8-12-17/h1-15,21H,16H2,(H3,25,26,27,28,29). The smallest absolute Gasteiger partial charge is 0.318 e. The highest BCUT2D eigenvalue weighted by atomic mass is 16.5. The van der Waals surface area contributed by atoms with E-state index in [4.69, 9.17) is 10.5 Å². The van der Waals surface area contributed by atoms with Crippen LogP contribution in [0.5, 0.6) is 0 Å². The molecule has 1 atom stereocenters. The fourth-order valence-corrected chi connectivity index (χ4v) is 3.26. The molecule has 0 saturated carbocycles. The molecule has 0 radical (unpaired) electrons. The van der Waals surface area contributed by atoms with Gasteiger partial charge in [-0.15, -0.1) is 5.10 Å². The number of rotatable bonds is 5. The van der Waals surface area contributed by atoms with Crippen LogP contribution < -0.4 is 5.73 Å². The Morgan fingerprint density at radius 3 is 2.26 bits per heavy atom. The van der Waals surface area contributed by atoms with Gasteiger partial charge >= 0.3 is 5.97 Å². The van der Waals surface area contributed by atoms with Gasteiger partial charge in [0, 0.05) is 5.56 Å². The van der Waals surface area contributed by atoms with Crippen molar-refractivity contribution in [3.8, 4) is 0 Å². The molecule has 1 unspecified atom stereocenters. The minimum atomic E-state index is -0.765. The summed E-state index contributed by atoms with van der Waals surface area (Å²) in [6.45, 7) is 0.161. The molecule has 2 heterocycles. The third-order valence-electron chi connectivity index (χ3n) is 4.70. The number of aromatic amines is 1. The van der Waals surface area contributed by atoms with E-state index in [1.807, 2.05) is 84.9 Å². The topological polar surface area (TPSA) is 107 Å². The maximum absolute atomic E-state index is 13.4. The number of nitrogen functional groups attached to an aromatic ring is 1. The number of ether oxygens (including phenoxy) is 1. The number of nitrogens with one attached hydrogen (secondary N) is 1. The molecule has 154 valence electrons. The Bertz CT molecular complexity index is 1210. The molecule has 0 aliphatic rings. The summed E-state index contributed by atoms with van der Waals surface area (Å²) in [5.41, 5.74) is 9.10. The second-order valence-corrected chi connectivity index (χ2v) is 6.85. The van der Waals surface area contributed by atoms with E-state index < -0.39 is 11.9 Å². The Hall–Kier alpha value is -4.26. The highest BCUT2D eigenvalue weighted by Gasteiger charge is 2.28. The number of H-pyrrole nitrogens is 1. The highest BCUT2D eigenvalue weighted by molar-refractivity contribution is 5.89. The zero-order valence-electron chi connectivity index (χ0n) is 16.7. The molecule has 0 saturated heterocycles. The van der Waals surface area contributed by atoms with E-state index >= 15 is 0 Å². The maximum Gasteiger partial charge on any atom is 0.318 e. The van der Waals surface area contributed by atoms with Crippen LogP contribution in [-0.4, -0.2) is 26.4 Å². The first kappa shape index (κ1) is 20.0. The molecule has 0 aliphatic heterocycles. The Balaban J connectivity index is 1.81. The quantitative estimate of drug-likeness (QED) is 0.482. The molecule has 0 spiro atoms. The summed E-state index contributed by atoms with van der Waals surface area (Å²) in [6.07, 6.45) is 0. The van der Waals surface area contributed by atoms with Crippen LogP contribution in [0.15, 0.2) is 91.0 Å². The molecular weight excluding hydrogens is 390 g/mol. The van der Waals surface area contributed by atoms with Gasteiger partial charge < -0.3 is 10.5 Å². The van der Waals surface area contributed by atoms with Gasteiger partial charge in [0.1, 0.15) is 23.9 Å². The van der Waals surface area contributed by atoms with Crippen molar-refractivity contribution < 1.29 is 9.53 Å². The SMILES string of the molecule is Nc1cc(C(C(=O)OCc2ccccc2)c2ccccccccc2)c2nn[nH]c2n1. The molecule has 3 N–H and O–H groups in total. The number of hydrogen-bond donors (Lipinski definition) is 2. The second-order valence-electron chi connectivity index (χ2n) is 6.85. The van der Waals surface area contributed by atoms with Crippen molar-refractivity contribution in [3.05, 3.63) is 108 Å². The largest absolute Gasteiger partial charge is 0.460 e. The van der Waals surface area contributed by atoms with Crippen molar-refractivity contribution in [2.75, 3.05) is 5.73 Å². The zero-order chi connectivity index (χ0) is 21.5. The lowest BCUT2D eigenvalue weighted by Crippen LogP contribution is -2.18. The summed E-state index contributed by atoms with van der Waals surface area (Å²) in [6, 6.07) is 28.2. The first-order valence-electron chi connectivity index (χ1n) is 9.78. The molecule has 7 heteroatoms. The first-order chi connectivity index (χ1) is 15.2. The molecule has 2 aromatic heterocycles. The predicted molar refractivity (Wildman–Crippen MR) is 118 cm³/mol. The van der Waals surface area contributed by atoms with Gasteiger partial charge in [0.05, 0.1) is 0 Å². The molecule has 0 aliphatic carbocycles. The van der Waals surface area contributed by atoms with E-state index in [9.17, 15) is 4.79 Å². The summed E-state index contributed by atoms with van der Waals surface area (Å²) in [4.78, 5) is 17.6. The van der Waals surface area contributed by atoms with Crippen molar-refractivity contribution in [2.24, 2.45) is 0 Å². The molecule has 2 aromatic carbocycles. The molecule has 0 bridgehead atoms. The maximum atomic E-state index is 13.4. The van der Waals surface area contributed by atoms with Crippen LogP contribution in [0.4, 0.5) is 5.82 Å². The van der Waals surface area contributed by atoms with E-state index in [2.05, 4.69) is 20.4 Å². The van der Waals surface area contributed by atoms with Crippen LogP contribution in [0.3, 0.4) is 0 Å². The third-order valence-corrected chi connectivity index (χ3v) is 4.70. The number of nitrogens with zero attached hydrogens (tertiary/aromatic N) is 3. The van der Waals surface area contributed by atoms with Gasteiger partial charge in [0.25, 0.3) is 0 Å². The number of aromatic nitrogens is 4. The Kier molecular flexibility index (Phi) is 6.13. The van der Waals surface area contributed by atoms with Crippen LogP contribution in [0.2, 0.25) is 0 Å². The van der Waals surface area contributed by atoms with E-state index in [0.29, 0.717) is 16.7 Å². The van der Waals surface area contributed by atoms with Crippen LogP contribution >= 0.6 is 0 Å². The monoisotopic (exact) mass is 411 g/mol. The first-order valence-corrected chi connectivity index (χ1v) is 9.78. The normalized spacial score (nSPS) is 11.5. The lowest BCUT2D eigenvalue weighted by atomic mass is 9.91. The van der Waals surface area contributed by atoms with Crippen molar-refractivity contribution in [2.45, 2.75) is 12.5 Å². The van der Waals surface area contributed by atoms with E-state index in [0.717, 1.165) is 11.1 Å². The van der Waals surface area contributed by atoms with E-state index in [1.165, 1.54) is 0 Å². The van der Waals surface area contributed by atoms with Crippen LogP contribution in [-0.2, 0) is 16.1 Å². The molecular formula is C24H21N5O2. The van der Waals surface area contributed by atoms with Crippen LogP contribution in [0, 0.1) is 0 Å². The molecule has 0 amide bonds. The number of nitrogens with two attached hydrogens (primary N) is 1. The van der Waals surface area contributed by atoms with Crippen molar-refractivity contribution >= 4 is 23.0 Å². The van der Waals surface area contributed by atoms with E-state index in [-0.39, 0.29) is 12.4 Å². The summed E-state index contributed by atoms with van der Waals surface area (Å²) in [5.74, 6) is -0.920. The van der Waals surface area contributed by atoms with Gasteiger partial charge in [-0.2, -0.15) is 0 Å². The molecule has 7 nitrogen and oxygen atoms in total. The zero-order valence-corrected chi connectivity index (χ0v) is 16.7. The Morgan fingerprint density at radius 1 is 0.935 bits per heavy atom. The number of hydrogen-bond acceptors (Lipinski definition) is 6. The number of carbonyl (C=O) groups is 1. The molecule has 0 fully saturated rings. The minimum absolute atomic E-state index is 0.161. The van der Waals surface area contributed by atoms with Gasteiger partial charge in [-0.1, -0.05) is 90.1 Å². The number of esters is 1. The number of fused-ring (bicyclic) bond motifs is 1. The summed E-state index contributed by atoms with van der Waals surface area (Å²) in [7, 11) is 0. The Morgan fingerprint density at radius 2 is 1.55 bits per heavy atom. The lowest BCUT2D eigenvalue weighted by molar-refractivity contribution is -0.145. The Labute approximate surface area is 179 Å². The number of carbonyl (C=O) groups excluding carboxylic acids is 1. The summed E-state index contributed by atoms with van der Waals surface area (Å²) in [5, 5.41) is 10.7. The predicted octanol–water partition coefficient (Wildman–Crippen LogP) is 3.93. The van der Waals surface area contributed by atoms with Crippen LogP contribution in [0.25, 0.3) is 11.2 Å². The number of benzene rings is 1. The molecule has 4 rings (SSSR count). The van der Waals surface area contributed by atoms with Gasteiger partial charge in [-0.25, -0.2) is 10.1 Å². The summed E-state index contributed by atoms with van der Waals surface area (Å²) < 4.78 is 5.70. The van der Waals surface area contributed by atoms with Crippen LogP contribution in [0.1, 0.15) is 22.6 Å². The fraction of sp³-hybridized carbons (Fsp3) is 0.0833. The lowest BCUT2D eigenvalue weighted by Gasteiger charge is -2.17. The third kappa shape index (κ3) is 4.84. The highest BCUT2D eigenvalue weighted by Crippen LogP contribution is 2.31. The number of pyridine rings is 1. The van der Waals surface area contributed by atoms with Gasteiger partial charge in [-0.3, -0.25) is 4.79 Å². The second kappa shape index (κ2) is 9.49. The van der Waals surface area contributed by atoms with Gasteiger partial charge in [0.2, 0.25) is 0 Å². The van der Waals surface area contributed by atoms with E-state index in [1.54, 1.807) is 6.07 Å².